The number of piperazine rings is 1. The summed E-state index contributed by atoms with van der Waals surface area (Å²) < 4.78 is 39.4. The third kappa shape index (κ3) is 3.92. The first-order chi connectivity index (χ1) is 9.59. The average Bonchev–Trinajstić information content (AvgIpc) is 2.37. The minimum atomic E-state index is -4.31. The van der Waals surface area contributed by atoms with Gasteiger partial charge in [0.25, 0.3) is 0 Å². The number of rotatable bonds is 1. The number of halogens is 4. The predicted octanol–water partition coefficient (Wildman–Crippen LogP) is 4.29. The summed E-state index contributed by atoms with van der Waals surface area (Å²) in [6, 6.07) is 4.06. The summed E-state index contributed by atoms with van der Waals surface area (Å²) in [5.74, 6) is 0. The number of nitrogens with one attached hydrogen (secondary N) is 1. The smallest absolute Gasteiger partial charge is 0.368 e. The van der Waals surface area contributed by atoms with E-state index in [1.165, 1.54) is 12.1 Å². The number of hydrogen-bond donors (Lipinski definition) is 1. The maximum atomic E-state index is 12.9. The van der Waals surface area contributed by atoms with Crippen LogP contribution in [0.4, 0.5) is 18.9 Å². The Hall–Kier alpha value is -0.750. The van der Waals surface area contributed by atoms with E-state index in [9.17, 15) is 13.2 Å². The Morgan fingerprint density at radius 1 is 1.24 bits per heavy atom. The lowest BCUT2D eigenvalue weighted by molar-refractivity contribution is -0.137. The van der Waals surface area contributed by atoms with Crippen LogP contribution in [0.5, 0.6) is 0 Å². The Morgan fingerprint density at radius 3 is 2.48 bits per heavy atom. The van der Waals surface area contributed by atoms with Crippen molar-refractivity contribution in [2.24, 2.45) is 5.41 Å². The van der Waals surface area contributed by atoms with E-state index < -0.39 is 11.7 Å². The first kappa shape index (κ1) is 16.6. The van der Waals surface area contributed by atoms with E-state index in [0.717, 1.165) is 12.6 Å². The molecule has 118 valence electrons. The molecule has 0 aliphatic carbocycles. The van der Waals surface area contributed by atoms with Crippen molar-refractivity contribution in [3.63, 3.8) is 0 Å². The van der Waals surface area contributed by atoms with Gasteiger partial charge in [0.15, 0.2) is 0 Å². The van der Waals surface area contributed by atoms with E-state index in [4.69, 9.17) is 0 Å². The molecule has 1 saturated heterocycles. The molecule has 1 aromatic rings. The minimum absolute atomic E-state index is 0.0623. The molecule has 0 amide bonds. The summed E-state index contributed by atoms with van der Waals surface area (Å²) in [5, 5.41) is 3.44. The van der Waals surface area contributed by atoms with Crippen molar-refractivity contribution >= 4 is 21.6 Å². The summed E-state index contributed by atoms with van der Waals surface area (Å²) in [4.78, 5) is 2.02. The maximum absolute atomic E-state index is 12.9. The molecule has 1 N–H and O–H groups in total. The Labute approximate surface area is 131 Å². The van der Waals surface area contributed by atoms with Crippen LogP contribution in [-0.4, -0.2) is 25.7 Å². The summed E-state index contributed by atoms with van der Waals surface area (Å²) in [7, 11) is 0. The second kappa shape index (κ2) is 5.80. The van der Waals surface area contributed by atoms with Gasteiger partial charge in [-0.2, -0.15) is 13.2 Å². The molecule has 0 bridgehead atoms. The largest absolute Gasteiger partial charge is 0.416 e. The van der Waals surface area contributed by atoms with Crippen molar-refractivity contribution in [3.05, 3.63) is 28.2 Å². The van der Waals surface area contributed by atoms with E-state index in [0.29, 0.717) is 23.2 Å². The SMILES string of the molecule is CC(C)(C)C1CN(c2cc(C(F)(F)F)ccc2Br)CCN1. The topological polar surface area (TPSA) is 15.3 Å². The van der Waals surface area contributed by atoms with Gasteiger partial charge in [-0.15, -0.1) is 0 Å². The number of nitrogens with zero attached hydrogens (tertiary/aromatic N) is 1. The van der Waals surface area contributed by atoms with Crippen molar-refractivity contribution in [1.29, 1.82) is 0 Å². The van der Waals surface area contributed by atoms with Gasteiger partial charge < -0.3 is 10.2 Å². The molecule has 2 nitrogen and oxygen atoms in total. The van der Waals surface area contributed by atoms with Crippen LogP contribution in [0.15, 0.2) is 22.7 Å². The van der Waals surface area contributed by atoms with Gasteiger partial charge in [-0.1, -0.05) is 20.8 Å². The summed E-state index contributed by atoms with van der Waals surface area (Å²) in [6.45, 7) is 8.57. The van der Waals surface area contributed by atoms with Crippen LogP contribution < -0.4 is 10.2 Å². The lowest BCUT2D eigenvalue weighted by atomic mass is 9.85. The van der Waals surface area contributed by atoms with E-state index in [-0.39, 0.29) is 11.5 Å². The quantitative estimate of drug-likeness (QED) is 0.799. The van der Waals surface area contributed by atoms with Crippen LogP contribution in [0.3, 0.4) is 0 Å². The molecule has 1 heterocycles. The van der Waals surface area contributed by atoms with Gasteiger partial charge in [0.1, 0.15) is 0 Å². The molecule has 1 aliphatic rings. The fourth-order valence-corrected chi connectivity index (χ4v) is 2.98. The van der Waals surface area contributed by atoms with Gasteiger partial charge >= 0.3 is 6.18 Å². The van der Waals surface area contributed by atoms with Crippen molar-refractivity contribution in [2.75, 3.05) is 24.5 Å². The van der Waals surface area contributed by atoms with Crippen LogP contribution >= 0.6 is 15.9 Å². The highest BCUT2D eigenvalue weighted by atomic mass is 79.9. The number of hydrogen-bond acceptors (Lipinski definition) is 2. The molecule has 1 unspecified atom stereocenters. The first-order valence-electron chi connectivity index (χ1n) is 6.94. The second-order valence-electron chi connectivity index (χ2n) is 6.48. The molecular formula is C15H20BrF3N2. The molecule has 1 atom stereocenters. The highest BCUT2D eigenvalue weighted by Crippen LogP contribution is 2.36. The highest BCUT2D eigenvalue weighted by molar-refractivity contribution is 9.10. The summed E-state index contributed by atoms with van der Waals surface area (Å²) in [6.07, 6.45) is -4.31. The molecule has 2 rings (SSSR count). The van der Waals surface area contributed by atoms with Crippen molar-refractivity contribution in [2.45, 2.75) is 33.0 Å². The maximum Gasteiger partial charge on any atom is 0.416 e. The van der Waals surface area contributed by atoms with Gasteiger partial charge in [-0.25, -0.2) is 0 Å². The molecular weight excluding hydrogens is 345 g/mol. The minimum Gasteiger partial charge on any atom is -0.368 e. The van der Waals surface area contributed by atoms with Gasteiger partial charge in [0.2, 0.25) is 0 Å². The molecule has 1 fully saturated rings. The van der Waals surface area contributed by atoms with Crippen LogP contribution in [0.1, 0.15) is 26.3 Å². The third-order valence-corrected chi connectivity index (χ3v) is 4.51. The molecule has 21 heavy (non-hydrogen) atoms. The molecule has 1 aliphatic heterocycles. The van der Waals surface area contributed by atoms with Gasteiger partial charge in [-0.05, 0) is 39.5 Å². The molecule has 6 heteroatoms. The van der Waals surface area contributed by atoms with E-state index >= 15 is 0 Å². The molecule has 0 spiro atoms. The highest BCUT2D eigenvalue weighted by Gasteiger charge is 2.33. The van der Waals surface area contributed by atoms with Gasteiger partial charge in [0, 0.05) is 30.1 Å². The normalized spacial score (nSPS) is 20.7. The zero-order valence-electron chi connectivity index (χ0n) is 12.4. The van der Waals surface area contributed by atoms with Crippen molar-refractivity contribution in [1.82, 2.24) is 5.32 Å². The fourth-order valence-electron chi connectivity index (χ4n) is 2.48. The molecule has 1 aromatic carbocycles. The predicted molar refractivity (Wildman–Crippen MR) is 82.6 cm³/mol. The summed E-state index contributed by atoms with van der Waals surface area (Å²) in [5.41, 5.74) is 0.0689. The Balaban J connectivity index is 2.29. The van der Waals surface area contributed by atoms with Crippen LogP contribution in [-0.2, 0) is 6.18 Å². The number of alkyl halides is 3. The molecule has 0 aromatic heterocycles. The standard InChI is InChI=1S/C15H20BrF3N2/c1-14(2,3)13-9-21(7-6-20-13)12-8-10(15(17,18)19)4-5-11(12)16/h4-5,8,13,20H,6-7,9H2,1-3H3. The average molecular weight is 365 g/mol. The third-order valence-electron chi connectivity index (χ3n) is 3.83. The Bertz CT molecular complexity index is 509. The van der Waals surface area contributed by atoms with E-state index in [1.54, 1.807) is 0 Å². The van der Waals surface area contributed by atoms with Crippen LogP contribution in [0.25, 0.3) is 0 Å². The second-order valence-corrected chi connectivity index (χ2v) is 7.34. The van der Waals surface area contributed by atoms with Crippen molar-refractivity contribution < 1.29 is 13.2 Å². The Morgan fingerprint density at radius 2 is 1.90 bits per heavy atom. The van der Waals surface area contributed by atoms with Crippen molar-refractivity contribution in [3.8, 4) is 0 Å². The van der Waals surface area contributed by atoms with Gasteiger partial charge in [0.05, 0.1) is 11.3 Å². The summed E-state index contributed by atoms with van der Waals surface area (Å²) >= 11 is 3.37. The zero-order valence-corrected chi connectivity index (χ0v) is 14.0. The van der Waals surface area contributed by atoms with Crippen LogP contribution in [0.2, 0.25) is 0 Å². The van der Waals surface area contributed by atoms with E-state index in [1.807, 2.05) is 4.90 Å². The zero-order chi connectivity index (χ0) is 15.8. The van der Waals surface area contributed by atoms with Crippen LogP contribution in [0, 0.1) is 5.41 Å². The molecule has 0 radical (unpaired) electrons. The fraction of sp³-hybridized carbons (Fsp3) is 0.600. The lowest BCUT2D eigenvalue weighted by Crippen LogP contribution is -2.56. The van der Waals surface area contributed by atoms with Gasteiger partial charge in [-0.3, -0.25) is 0 Å². The first-order valence-corrected chi connectivity index (χ1v) is 7.73. The number of anilines is 1. The molecule has 0 saturated carbocycles. The Kier molecular flexibility index (Phi) is 4.59. The lowest BCUT2D eigenvalue weighted by Gasteiger charge is -2.42. The monoisotopic (exact) mass is 364 g/mol. The van der Waals surface area contributed by atoms with E-state index in [2.05, 4.69) is 42.0 Å². The number of benzene rings is 1.